The molecule has 1 atom stereocenters. The van der Waals surface area contributed by atoms with Crippen LogP contribution in [0, 0.1) is 13.8 Å². The number of nitrogens with one attached hydrogen (secondary N) is 1. The Balaban J connectivity index is 1.54. The number of nitrogens with zero attached hydrogens (tertiary/aromatic N) is 2. The van der Waals surface area contributed by atoms with Crippen molar-refractivity contribution in [2.75, 3.05) is 19.5 Å². The molecule has 0 aliphatic carbocycles. The molecule has 216 valence electrons. The minimum atomic E-state index is -0.690. The van der Waals surface area contributed by atoms with Crippen LogP contribution in [0.2, 0.25) is 0 Å². The molecule has 8 heteroatoms. The molecule has 2 heterocycles. The summed E-state index contributed by atoms with van der Waals surface area (Å²) in [5.74, 6) is 1.04. The number of hydrogen-bond donors (Lipinski definition) is 1. The van der Waals surface area contributed by atoms with Crippen LogP contribution in [0.1, 0.15) is 35.2 Å². The summed E-state index contributed by atoms with van der Waals surface area (Å²) in [4.78, 5) is 33.5. The maximum Gasteiger partial charge on any atom is 0.271 e. The van der Waals surface area contributed by atoms with Crippen LogP contribution < -0.4 is 29.7 Å². The molecule has 1 aromatic heterocycles. The molecular weight excluding hydrogens is 558 g/mol. The lowest BCUT2D eigenvalue weighted by atomic mass is 9.95. The van der Waals surface area contributed by atoms with Gasteiger partial charge in [-0.3, -0.25) is 14.2 Å². The first-order valence-electron chi connectivity index (χ1n) is 13.9. The number of anilines is 1. The molecule has 0 radical (unpaired) electrons. The average Bonchev–Trinajstić information content (AvgIpc) is 3.31. The van der Waals surface area contributed by atoms with Crippen LogP contribution in [0.4, 0.5) is 5.69 Å². The minimum Gasteiger partial charge on any atom is -0.497 e. The summed E-state index contributed by atoms with van der Waals surface area (Å²) < 4.78 is 13.2. The Morgan fingerprint density at radius 3 is 2.44 bits per heavy atom. The third kappa shape index (κ3) is 5.15. The number of thiazole rings is 1. The minimum absolute atomic E-state index is 0.233. The second-order valence-corrected chi connectivity index (χ2v) is 11.5. The lowest BCUT2D eigenvalue weighted by molar-refractivity contribution is -0.113. The van der Waals surface area contributed by atoms with E-state index < -0.39 is 6.04 Å². The van der Waals surface area contributed by atoms with Crippen LogP contribution >= 0.6 is 11.3 Å². The Morgan fingerprint density at radius 1 is 0.953 bits per heavy atom. The topological polar surface area (TPSA) is 81.9 Å². The molecule has 0 bridgehead atoms. The third-order valence-corrected chi connectivity index (χ3v) is 8.74. The van der Waals surface area contributed by atoms with Crippen LogP contribution in [-0.4, -0.2) is 24.7 Å². The fourth-order valence-electron chi connectivity index (χ4n) is 5.59. The van der Waals surface area contributed by atoms with Gasteiger partial charge < -0.3 is 14.8 Å². The SMILES string of the molecule is COc1ccc([C@H]2C(C(=O)Nc3ccc(C)cc3C)=C(C)N=c3s/c(=C\c4c(OC)ccc5ccccc45)c(=O)n32)cc1. The Kier molecular flexibility index (Phi) is 7.46. The van der Waals surface area contributed by atoms with E-state index in [1.54, 1.807) is 18.8 Å². The summed E-state index contributed by atoms with van der Waals surface area (Å²) in [6, 6.07) is 24.5. The number of benzene rings is 4. The fraction of sp³-hybridized carbons (Fsp3) is 0.171. The van der Waals surface area contributed by atoms with Crippen molar-refractivity contribution in [2.45, 2.75) is 26.8 Å². The van der Waals surface area contributed by atoms with E-state index in [2.05, 4.69) is 5.32 Å². The molecule has 0 saturated heterocycles. The molecule has 0 saturated carbocycles. The molecule has 4 aromatic carbocycles. The van der Waals surface area contributed by atoms with E-state index in [9.17, 15) is 9.59 Å². The molecule has 0 spiro atoms. The molecule has 1 aliphatic heterocycles. The number of carbonyl (C=O) groups is 1. The number of methoxy groups -OCH3 is 2. The van der Waals surface area contributed by atoms with Gasteiger partial charge in [0.2, 0.25) is 0 Å². The molecule has 1 N–H and O–H groups in total. The first-order valence-corrected chi connectivity index (χ1v) is 14.7. The molecule has 1 aliphatic rings. The number of carbonyl (C=O) groups excluding carboxylic acids is 1. The number of ether oxygens (including phenoxy) is 2. The van der Waals surface area contributed by atoms with Gasteiger partial charge in [0.25, 0.3) is 11.5 Å². The largest absolute Gasteiger partial charge is 0.497 e. The van der Waals surface area contributed by atoms with Crippen molar-refractivity contribution in [1.82, 2.24) is 4.57 Å². The molecule has 1 amide bonds. The summed E-state index contributed by atoms with van der Waals surface area (Å²) in [5.41, 5.74) is 5.09. The van der Waals surface area contributed by atoms with E-state index in [1.807, 2.05) is 106 Å². The molecule has 43 heavy (non-hydrogen) atoms. The van der Waals surface area contributed by atoms with Gasteiger partial charge in [-0.2, -0.15) is 0 Å². The van der Waals surface area contributed by atoms with Crippen LogP contribution in [0.25, 0.3) is 16.8 Å². The van der Waals surface area contributed by atoms with Crippen LogP contribution in [0.15, 0.2) is 99.9 Å². The zero-order valence-electron chi connectivity index (χ0n) is 24.6. The number of hydrogen-bond acceptors (Lipinski definition) is 6. The van der Waals surface area contributed by atoms with Crippen molar-refractivity contribution in [1.29, 1.82) is 0 Å². The van der Waals surface area contributed by atoms with Crippen LogP contribution in [0.5, 0.6) is 11.5 Å². The number of allylic oxidation sites excluding steroid dienone is 1. The summed E-state index contributed by atoms with van der Waals surface area (Å²) in [7, 11) is 3.23. The normalized spacial score (nSPS) is 14.8. The van der Waals surface area contributed by atoms with E-state index in [0.717, 1.165) is 33.0 Å². The number of fused-ring (bicyclic) bond motifs is 2. The Hall–Kier alpha value is -4.95. The number of rotatable bonds is 6. The van der Waals surface area contributed by atoms with E-state index in [-0.39, 0.29) is 11.5 Å². The molecule has 6 rings (SSSR count). The lowest BCUT2D eigenvalue weighted by Gasteiger charge is -2.25. The average molecular weight is 590 g/mol. The summed E-state index contributed by atoms with van der Waals surface area (Å²) in [5, 5.41) is 5.09. The van der Waals surface area contributed by atoms with Gasteiger partial charge in [-0.25, -0.2) is 4.99 Å². The summed E-state index contributed by atoms with van der Waals surface area (Å²) in [6.45, 7) is 5.79. The van der Waals surface area contributed by atoms with Crippen LogP contribution in [-0.2, 0) is 4.79 Å². The molecule has 0 unspecified atom stereocenters. The monoisotopic (exact) mass is 589 g/mol. The van der Waals surface area contributed by atoms with E-state index >= 15 is 0 Å². The second kappa shape index (κ2) is 11.4. The van der Waals surface area contributed by atoms with Crippen LogP contribution in [0.3, 0.4) is 0 Å². The van der Waals surface area contributed by atoms with Crippen molar-refractivity contribution in [3.05, 3.63) is 132 Å². The van der Waals surface area contributed by atoms with E-state index in [1.165, 1.54) is 11.3 Å². The zero-order chi connectivity index (χ0) is 30.2. The Bertz CT molecular complexity index is 2110. The first-order chi connectivity index (χ1) is 20.8. The maximum atomic E-state index is 14.2. The summed E-state index contributed by atoms with van der Waals surface area (Å²) >= 11 is 1.30. The number of amides is 1. The quantitative estimate of drug-likeness (QED) is 0.277. The Morgan fingerprint density at radius 2 is 1.72 bits per heavy atom. The van der Waals surface area contributed by atoms with Gasteiger partial charge in [0.15, 0.2) is 4.80 Å². The predicted molar refractivity (Wildman–Crippen MR) is 172 cm³/mol. The molecule has 5 aromatic rings. The van der Waals surface area contributed by atoms with Crippen molar-refractivity contribution >= 4 is 39.8 Å². The van der Waals surface area contributed by atoms with Gasteiger partial charge in [0.05, 0.1) is 36.1 Å². The van der Waals surface area contributed by atoms with Crippen molar-refractivity contribution < 1.29 is 14.3 Å². The predicted octanol–water partition coefficient (Wildman–Crippen LogP) is 5.66. The highest BCUT2D eigenvalue weighted by Gasteiger charge is 2.32. The molecular formula is C35H31N3O4S. The van der Waals surface area contributed by atoms with Gasteiger partial charge in [0.1, 0.15) is 11.5 Å². The molecule has 7 nitrogen and oxygen atoms in total. The zero-order valence-corrected chi connectivity index (χ0v) is 25.4. The highest BCUT2D eigenvalue weighted by molar-refractivity contribution is 7.07. The van der Waals surface area contributed by atoms with Crippen molar-refractivity contribution in [2.24, 2.45) is 4.99 Å². The highest BCUT2D eigenvalue weighted by atomic mass is 32.1. The second-order valence-electron chi connectivity index (χ2n) is 10.5. The van der Waals surface area contributed by atoms with Crippen molar-refractivity contribution in [3.8, 4) is 11.5 Å². The van der Waals surface area contributed by atoms with Crippen molar-refractivity contribution in [3.63, 3.8) is 0 Å². The van der Waals surface area contributed by atoms with Gasteiger partial charge in [0, 0.05) is 11.3 Å². The van der Waals surface area contributed by atoms with Gasteiger partial charge >= 0.3 is 0 Å². The third-order valence-electron chi connectivity index (χ3n) is 7.75. The fourth-order valence-corrected chi connectivity index (χ4v) is 6.62. The lowest BCUT2D eigenvalue weighted by Crippen LogP contribution is -2.40. The Labute approximate surface area is 253 Å². The molecule has 0 fully saturated rings. The first kappa shape index (κ1) is 28.2. The number of aryl methyl sites for hydroxylation is 2. The van der Waals surface area contributed by atoms with Gasteiger partial charge in [-0.05, 0) is 73.0 Å². The van der Waals surface area contributed by atoms with E-state index in [4.69, 9.17) is 14.5 Å². The smallest absolute Gasteiger partial charge is 0.271 e. The highest BCUT2D eigenvalue weighted by Crippen LogP contribution is 2.33. The van der Waals surface area contributed by atoms with Gasteiger partial charge in [-0.1, -0.05) is 71.5 Å². The van der Waals surface area contributed by atoms with Gasteiger partial charge in [-0.15, -0.1) is 0 Å². The summed E-state index contributed by atoms with van der Waals surface area (Å²) in [6.07, 6.45) is 1.87. The standard InChI is InChI=1S/C35H31N3O4S/c1-20-10-16-28(21(2)18-20)37-33(39)31-22(3)36-35-38(32(31)24-11-14-25(41-4)15-12-24)34(40)30(43-35)19-27-26-9-7-6-8-23(26)13-17-29(27)42-5/h6-19,32H,1-5H3,(H,37,39)/b30-19-/t32-/m0/s1. The number of aromatic nitrogens is 1. The van der Waals surface area contributed by atoms with E-state index in [0.29, 0.717) is 37.8 Å². The maximum absolute atomic E-state index is 14.2.